The Morgan fingerprint density at radius 1 is 1.24 bits per heavy atom. The molecule has 0 aromatic carbocycles. The summed E-state index contributed by atoms with van der Waals surface area (Å²) in [6, 6.07) is 0.511. The van der Waals surface area contributed by atoms with Crippen molar-refractivity contribution in [2.45, 2.75) is 49.8 Å². The van der Waals surface area contributed by atoms with Crippen LogP contribution in [0, 0.1) is 0 Å². The molecule has 1 N–H and O–H groups in total. The highest BCUT2D eigenvalue weighted by Crippen LogP contribution is 2.43. The predicted molar refractivity (Wildman–Crippen MR) is 75.9 cm³/mol. The van der Waals surface area contributed by atoms with Crippen LogP contribution in [0.4, 0.5) is 0 Å². The molecule has 1 aliphatic carbocycles. The minimum atomic E-state index is 0.511. The molecular formula is C13H20N2S2. The third kappa shape index (κ3) is 2.40. The summed E-state index contributed by atoms with van der Waals surface area (Å²) in [6.07, 6.45) is 7.94. The van der Waals surface area contributed by atoms with Crippen molar-refractivity contribution in [1.29, 1.82) is 0 Å². The second-order valence-electron chi connectivity index (χ2n) is 4.95. The summed E-state index contributed by atoms with van der Waals surface area (Å²) in [5.74, 6) is 1.32. The number of aromatic nitrogens is 1. The van der Waals surface area contributed by atoms with Crippen molar-refractivity contribution in [3.63, 3.8) is 0 Å². The second-order valence-corrected chi connectivity index (χ2v) is 7.38. The quantitative estimate of drug-likeness (QED) is 0.885. The fourth-order valence-corrected chi connectivity index (χ4v) is 5.51. The van der Waals surface area contributed by atoms with E-state index in [1.165, 1.54) is 55.0 Å². The van der Waals surface area contributed by atoms with Crippen LogP contribution in [-0.4, -0.2) is 17.8 Å². The molecule has 17 heavy (non-hydrogen) atoms. The highest BCUT2D eigenvalue weighted by molar-refractivity contribution is 7.99. The van der Waals surface area contributed by atoms with Crippen molar-refractivity contribution < 1.29 is 0 Å². The molecule has 1 aromatic rings. The third-order valence-corrected chi connectivity index (χ3v) is 6.55. The second kappa shape index (κ2) is 5.29. The first-order valence-corrected chi connectivity index (χ1v) is 8.53. The van der Waals surface area contributed by atoms with Crippen LogP contribution in [0.1, 0.15) is 59.0 Å². The average Bonchev–Trinajstić information content (AvgIpc) is 2.83. The Balaban J connectivity index is 1.84. The monoisotopic (exact) mass is 268 g/mol. The summed E-state index contributed by atoms with van der Waals surface area (Å²) in [6.45, 7) is 0. The lowest BCUT2D eigenvalue weighted by Gasteiger charge is -2.20. The highest BCUT2D eigenvalue weighted by Gasteiger charge is 2.27. The molecule has 2 atom stereocenters. The maximum atomic E-state index is 4.96. The van der Waals surface area contributed by atoms with E-state index in [9.17, 15) is 0 Å². The Morgan fingerprint density at radius 2 is 2.18 bits per heavy atom. The molecule has 2 nitrogen and oxygen atoms in total. The van der Waals surface area contributed by atoms with Crippen molar-refractivity contribution >= 4 is 23.1 Å². The summed E-state index contributed by atoms with van der Waals surface area (Å²) in [5.41, 5.74) is 1.37. The maximum absolute atomic E-state index is 4.96. The largest absolute Gasteiger partial charge is 0.312 e. The smallest absolute Gasteiger partial charge is 0.106 e. The van der Waals surface area contributed by atoms with Gasteiger partial charge in [-0.2, -0.15) is 11.8 Å². The van der Waals surface area contributed by atoms with Crippen LogP contribution in [0.3, 0.4) is 0 Å². The van der Waals surface area contributed by atoms with Gasteiger partial charge in [0.1, 0.15) is 5.01 Å². The first kappa shape index (κ1) is 12.0. The maximum Gasteiger partial charge on any atom is 0.106 e. The van der Waals surface area contributed by atoms with Gasteiger partial charge in [0.15, 0.2) is 0 Å². The Morgan fingerprint density at radius 3 is 2.94 bits per heavy atom. The van der Waals surface area contributed by atoms with Crippen LogP contribution in [0.5, 0.6) is 0 Å². The number of hydrogen-bond donors (Lipinski definition) is 1. The van der Waals surface area contributed by atoms with Crippen LogP contribution < -0.4 is 5.32 Å². The van der Waals surface area contributed by atoms with Gasteiger partial charge in [-0.1, -0.05) is 6.42 Å². The van der Waals surface area contributed by atoms with Gasteiger partial charge in [0, 0.05) is 4.88 Å². The molecule has 0 bridgehead atoms. The number of nitrogens with one attached hydrogen (secondary N) is 1. The molecule has 2 aliphatic rings. The normalized spacial score (nSPS) is 29.0. The van der Waals surface area contributed by atoms with E-state index in [4.69, 9.17) is 4.98 Å². The highest BCUT2D eigenvalue weighted by atomic mass is 32.2. The fourth-order valence-electron chi connectivity index (χ4n) is 2.79. The SMILES string of the molecule is CNC1CCCc2sc(C3CCCCS3)nc21. The van der Waals surface area contributed by atoms with Crippen molar-refractivity contribution in [2.75, 3.05) is 12.8 Å². The topological polar surface area (TPSA) is 24.9 Å². The molecule has 0 radical (unpaired) electrons. The Hall–Kier alpha value is -0.0600. The summed E-state index contributed by atoms with van der Waals surface area (Å²) >= 11 is 4.11. The molecular weight excluding hydrogens is 248 g/mol. The van der Waals surface area contributed by atoms with Crippen LogP contribution in [0.25, 0.3) is 0 Å². The molecule has 4 heteroatoms. The summed E-state index contributed by atoms with van der Waals surface area (Å²) < 4.78 is 0. The number of aryl methyl sites for hydroxylation is 1. The minimum absolute atomic E-state index is 0.511. The number of rotatable bonds is 2. The van der Waals surface area contributed by atoms with Gasteiger partial charge in [-0.3, -0.25) is 0 Å². The van der Waals surface area contributed by atoms with Gasteiger partial charge in [-0.05, 0) is 44.9 Å². The van der Waals surface area contributed by atoms with E-state index in [0.29, 0.717) is 11.3 Å². The molecule has 0 saturated carbocycles. The zero-order valence-electron chi connectivity index (χ0n) is 10.4. The van der Waals surface area contributed by atoms with Crippen LogP contribution in [0.15, 0.2) is 0 Å². The number of thiazole rings is 1. The number of hydrogen-bond acceptors (Lipinski definition) is 4. The van der Waals surface area contributed by atoms with Gasteiger partial charge in [0.2, 0.25) is 0 Å². The van der Waals surface area contributed by atoms with Crippen molar-refractivity contribution in [3.05, 3.63) is 15.6 Å². The molecule has 1 fully saturated rings. The van der Waals surface area contributed by atoms with E-state index < -0.39 is 0 Å². The zero-order chi connectivity index (χ0) is 11.7. The lowest BCUT2D eigenvalue weighted by molar-refractivity contribution is 0.488. The standard InChI is InChI=1S/C13H20N2S2/c1-14-9-5-4-7-10-12(9)15-13(17-10)11-6-2-3-8-16-11/h9,11,14H,2-8H2,1H3. The Bertz CT molecular complexity index is 383. The van der Waals surface area contributed by atoms with Gasteiger partial charge in [-0.15, -0.1) is 11.3 Å². The van der Waals surface area contributed by atoms with Crippen molar-refractivity contribution in [1.82, 2.24) is 10.3 Å². The molecule has 2 heterocycles. The van der Waals surface area contributed by atoms with E-state index in [-0.39, 0.29) is 0 Å². The Labute approximate surface area is 112 Å². The summed E-state index contributed by atoms with van der Waals surface area (Å²) in [5, 5.41) is 5.51. The minimum Gasteiger partial charge on any atom is -0.312 e. The Kier molecular flexibility index (Phi) is 3.73. The molecule has 0 spiro atoms. The zero-order valence-corrected chi connectivity index (χ0v) is 12.0. The lowest BCUT2D eigenvalue weighted by Crippen LogP contribution is -2.21. The molecule has 2 unspecified atom stereocenters. The van der Waals surface area contributed by atoms with Gasteiger partial charge >= 0.3 is 0 Å². The van der Waals surface area contributed by atoms with Gasteiger partial charge < -0.3 is 5.32 Å². The molecule has 94 valence electrons. The first-order valence-electron chi connectivity index (χ1n) is 6.67. The molecule has 1 aliphatic heterocycles. The van der Waals surface area contributed by atoms with Crippen LogP contribution >= 0.6 is 23.1 Å². The van der Waals surface area contributed by atoms with E-state index in [1.54, 1.807) is 4.88 Å². The number of nitrogens with zero attached hydrogens (tertiary/aromatic N) is 1. The van der Waals surface area contributed by atoms with E-state index >= 15 is 0 Å². The van der Waals surface area contributed by atoms with Gasteiger partial charge in [-0.25, -0.2) is 4.98 Å². The molecule has 0 amide bonds. The predicted octanol–water partition coefficient (Wildman–Crippen LogP) is 3.70. The fraction of sp³-hybridized carbons (Fsp3) is 0.769. The van der Waals surface area contributed by atoms with Crippen LogP contribution in [0.2, 0.25) is 0 Å². The molecule has 3 rings (SSSR count). The average molecular weight is 268 g/mol. The van der Waals surface area contributed by atoms with E-state index in [1.807, 2.05) is 11.3 Å². The summed E-state index contributed by atoms with van der Waals surface area (Å²) in [7, 11) is 2.06. The molecule has 1 saturated heterocycles. The van der Waals surface area contributed by atoms with Crippen molar-refractivity contribution in [3.8, 4) is 0 Å². The third-order valence-electron chi connectivity index (χ3n) is 3.77. The number of fused-ring (bicyclic) bond motifs is 1. The van der Waals surface area contributed by atoms with E-state index in [2.05, 4.69) is 24.1 Å². The first-order chi connectivity index (χ1) is 8.38. The number of thioether (sulfide) groups is 1. The lowest BCUT2D eigenvalue weighted by atomic mass is 9.98. The van der Waals surface area contributed by atoms with Gasteiger partial charge in [0.05, 0.1) is 17.0 Å². The van der Waals surface area contributed by atoms with Crippen LogP contribution in [-0.2, 0) is 6.42 Å². The van der Waals surface area contributed by atoms with Gasteiger partial charge in [0.25, 0.3) is 0 Å². The van der Waals surface area contributed by atoms with Crippen molar-refractivity contribution in [2.24, 2.45) is 0 Å². The molecule has 1 aromatic heterocycles. The van der Waals surface area contributed by atoms with E-state index in [0.717, 1.165) is 0 Å². The summed E-state index contributed by atoms with van der Waals surface area (Å²) in [4.78, 5) is 6.51.